The van der Waals surface area contributed by atoms with Crippen LogP contribution in [0.3, 0.4) is 0 Å². The molecule has 1 aliphatic heterocycles. The lowest BCUT2D eigenvalue weighted by molar-refractivity contribution is 0.116. The highest BCUT2D eigenvalue weighted by atomic mass is 35.5. The smallest absolute Gasteiger partial charge is 0.243 e. The van der Waals surface area contributed by atoms with Crippen molar-refractivity contribution in [1.82, 2.24) is 15.5 Å². The predicted molar refractivity (Wildman–Crippen MR) is 81.5 cm³/mol. The second-order valence-corrected chi connectivity index (χ2v) is 6.33. The Morgan fingerprint density at radius 2 is 2.43 bits per heavy atom. The molecule has 1 aliphatic rings. The normalized spacial score (nSPS) is 21.8. The van der Waals surface area contributed by atoms with Gasteiger partial charge in [-0.3, -0.25) is 0 Å². The van der Waals surface area contributed by atoms with Crippen LogP contribution in [0.25, 0.3) is 0 Å². The summed E-state index contributed by atoms with van der Waals surface area (Å²) in [5, 5.41) is 8.08. The monoisotopic (exact) mass is 325 g/mol. The first-order chi connectivity index (χ1) is 10.2. The SMILES string of the molecule is CO[C@@H]1CN[C@@H](c2nc(CSc3cccc(Cl)c3)no2)C1. The summed E-state index contributed by atoms with van der Waals surface area (Å²) in [6.45, 7) is 0.816. The molecule has 0 saturated carbocycles. The van der Waals surface area contributed by atoms with Gasteiger partial charge in [0.25, 0.3) is 0 Å². The number of halogens is 1. The van der Waals surface area contributed by atoms with E-state index in [1.807, 2.05) is 24.3 Å². The molecular formula is C14H16ClN3O2S. The fraction of sp³-hybridized carbons (Fsp3) is 0.429. The molecule has 0 spiro atoms. The third-order valence-corrected chi connectivity index (χ3v) is 4.59. The van der Waals surface area contributed by atoms with E-state index in [9.17, 15) is 0 Å². The van der Waals surface area contributed by atoms with Gasteiger partial charge in [-0.25, -0.2) is 0 Å². The maximum Gasteiger partial charge on any atom is 0.243 e. The lowest BCUT2D eigenvalue weighted by Crippen LogP contribution is -2.16. The van der Waals surface area contributed by atoms with Crippen LogP contribution in [0.2, 0.25) is 5.02 Å². The zero-order valence-electron chi connectivity index (χ0n) is 11.6. The van der Waals surface area contributed by atoms with E-state index < -0.39 is 0 Å². The summed E-state index contributed by atoms with van der Waals surface area (Å²) >= 11 is 7.60. The Balaban J connectivity index is 1.58. The van der Waals surface area contributed by atoms with Crippen molar-refractivity contribution in [3.05, 3.63) is 41.0 Å². The van der Waals surface area contributed by atoms with E-state index in [4.69, 9.17) is 20.9 Å². The number of rotatable bonds is 5. The molecule has 0 bridgehead atoms. The quantitative estimate of drug-likeness (QED) is 0.853. The van der Waals surface area contributed by atoms with Crippen LogP contribution >= 0.6 is 23.4 Å². The average molecular weight is 326 g/mol. The predicted octanol–water partition coefficient (Wildman–Crippen LogP) is 3.06. The number of nitrogens with one attached hydrogen (secondary N) is 1. The van der Waals surface area contributed by atoms with Crippen LogP contribution in [-0.2, 0) is 10.5 Å². The topological polar surface area (TPSA) is 60.2 Å². The third kappa shape index (κ3) is 3.77. The lowest BCUT2D eigenvalue weighted by atomic mass is 10.2. The molecule has 0 amide bonds. The van der Waals surface area contributed by atoms with Crippen molar-refractivity contribution < 1.29 is 9.26 Å². The number of benzene rings is 1. The zero-order valence-corrected chi connectivity index (χ0v) is 13.2. The number of aromatic nitrogens is 2. The van der Waals surface area contributed by atoms with E-state index in [1.165, 1.54) is 0 Å². The first-order valence-corrected chi connectivity index (χ1v) is 8.08. The standard InChI is InChI=1S/C14H16ClN3O2S/c1-19-10-6-12(16-7-10)14-17-13(18-20-14)8-21-11-4-2-3-9(15)5-11/h2-5,10,12,16H,6-8H2,1H3/t10-,12+/m0/s1. The van der Waals surface area contributed by atoms with Gasteiger partial charge in [0.1, 0.15) is 0 Å². The maximum atomic E-state index is 5.96. The number of hydrogen-bond donors (Lipinski definition) is 1. The molecule has 1 aromatic heterocycles. The molecular weight excluding hydrogens is 310 g/mol. The number of hydrogen-bond acceptors (Lipinski definition) is 6. The summed E-state index contributed by atoms with van der Waals surface area (Å²) in [6, 6.07) is 7.82. The van der Waals surface area contributed by atoms with Crippen LogP contribution in [0.15, 0.2) is 33.7 Å². The second-order valence-electron chi connectivity index (χ2n) is 4.85. The summed E-state index contributed by atoms with van der Waals surface area (Å²) in [5.74, 6) is 1.98. The number of methoxy groups -OCH3 is 1. The van der Waals surface area contributed by atoms with E-state index in [0.717, 1.165) is 22.9 Å². The molecule has 1 N–H and O–H groups in total. The fourth-order valence-electron chi connectivity index (χ4n) is 2.24. The molecule has 5 nitrogen and oxygen atoms in total. The Bertz CT molecular complexity index is 607. The van der Waals surface area contributed by atoms with Gasteiger partial charge in [-0.15, -0.1) is 11.8 Å². The summed E-state index contributed by atoms with van der Waals surface area (Å²) in [5.41, 5.74) is 0. The average Bonchev–Trinajstić information content (AvgIpc) is 3.14. The van der Waals surface area contributed by atoms with E-state index in [0.29, 0.717) is 17.5 Å². The molecule has 1 saturated heterocycles. The maximum absolute atomic E-state index is 5.96. The molecule has 112 valence electrons. The van der Waals surface area contributed by atoms with Gasteiger partial charge in [0.15, 0.2) is 5.82 Å². The van der Waals surface area contributed by atoms with Crippen molar-refractivity contribution in [2.75, 3.05) is 13.7 Å². The summed E-state index contributed by atoms with van der Waals surface area (Å²) in [4.78, 5) is 5.54. The van der Waals surface area contributed by atoms with Crippen molar-refractivity contribution in [1.29, 1.82) is 0 Å². The Morgan fingerprint density at radius 1 is 1.52 bits per heavy atom. The Labute approximate surface area is 132 Å². The van der Waals surface area contributed by atoms with E-state index in [1.54, 1.807) is 18.9 Å². The minimum atomic E-state index is 0.0902. The number of ether oxygens (including phenoxy) is 1. The Morgan fingerprint density at radius 3 is 3.19 bits per heavy atom. The van der Waals surface area contributed by atoms with Gasteiger partial charge >= 0.3 is 0 Å². The molecule has 2 aromatic rings. The highest BCUT2D eigenvalue weighted by Gasteiger charge is 2.29. The van der Waals surface area contributed by atoms with Crippen molar-refractivity contribution in [2.45, 2.75) is 29.2 Å². The minimum absolute atomic E-state index is 0.0902. The summed E-state index contributed by atoms with van der Waals surface area (Å²) in [6.07, 6.45) is 1.07. The molecule has 3 rings (SSSR count). The van der Waals surface area contributed by atoms with Crippen LogP contribution in [0, 0.1) is 0 Å². The van der Waals surface area contributed by atoms with Gasteiger partial charge in [-0.05, 0) is 24.6 Å². The first-order valence-electron chi connectivity index (χ1n) is 6.71. The van der Waals surface area contributed by atoms with Crippen LogP contribution in [0.5, 0.6) is 0 Å². The number of thioether (sulfide) groups is 1. The summed E-state index contributed by atoms with van der Waals surface area (Å²) < 4.78 is 10.7. The highest BCUT2D eigenvalue weighted by Crippen LogP contribution is 2.26. The van der Waals surface area contributed by atoms with Gasteiger partial charge in [0.05, 0.1) is 17.9 Å². The summed E-state index contributed by atoms with van der Waals surface area (Å²) in [7, 11) is 1.72. The Kier molecular flexibility index (Phi) is 4.80. The van der Waals surface area contributed by atoms with Gasteiger partial charge in [0, 0.05) is 23.6 Å². The molecule has 2 heterocycles. The van der Waals surface area contributed by atoms with Crippen molar-refractivity contribution in [3.8, 4) is 0 Å². The lowest BCUT2D eigenvalue weighted by Gasteiger charge is -2.04. The highest BCUT2D eigenvalue weighted by molar-refractivity contribution is 7.98. The minimum Gasteiger partial charge on any atom is -0.380 e. The third-order valence-electron chi connectivity index (χ3n) is 3.37. The van der Waals surface area contributed by atoms with Crippen LogP contribution in [0.4, 0.5) is 0 Å². The van der Waals surface area contributed by atoms with Gasteiger partial charge in [0.2, 0.25) is 5.89 Å². The van der Waals surface area contributed by atoms with Crippen molar-refractivity contribution in [3.63, 3.8) is 0 Å². The molecule has 0 aliphatic carbocycles. The van der Waals surface area contributed by atoms with Crippen LogP contribution in [0.1, 0.15) is 24.2 Å². The molecule has 1 aromatic carbocycles. The van der Waals surface area contributed by atoms with Crippen molar-refractivity contribution >= 4 is 23.4 Å². The molecule has 7 heteroatoms. The van der Waals surface area contributed by atoms with E-state index >= 15 is 0 Å². The zero-order chi connectivity index (χ0) is 14.7. The van der Waals surface area contributed by atoms with E-state index in [2.05, 4.69) is 15.5 Å². The number of nitrogens with zero attached hydrogens (tertiary/aromatic N) is 2. The molecule has 0 radical (unpaired) electrons. The largest absolute Gasteiger partial charge is 0.380 e. The van der Waals surface area contributed by atoms with Gasteiger partial charge < -0.3 is 14.6 Å². The van der Waals surface area contributed by atoms with E-state index in [-0.39, 0.29) is 12.1 Å². The van der Waals surface area contributed by atoms with Gasteiger partial charge in [-0.1, -0.05) is 22.8 Å². The molecule has 2 atom stereocenters. The molecule has 1 fully saturated rings. The second kappa shape index (κ2) is 6.79. The molecule has 21 heavy (non-hydrogen) atoms. The van der Waals surface area contributed by atoms with Crippen LogP contribution < -0.4 is 5.32 Å². The molecule has 0 unspecified atom stereocenters. The Hall–Kier alpha value is -1.08. The first kappa shape index (κ1) is 14.8. The van der Waals surface area contributed by atoms with Crippen molar-refractivity contribution in [2.24, 2.45) is 0 Å². The van der Waals surface area contributed by atoms with Gasteiger partial charge in [-0.2, -0.15) is 4.98 Å². The van der Waals surface area contributed by atoms with Crippen LogP contribution in [-0.4, -0.2) is 29.9 Å². The fourth-order valence-corrected chi connectivity index (χ4v) is 3.30.